The second-order valence-corrected chi connectivity index (χ2v) is 2.78. The van der Waals surface area contributed by atoms with Gasteiger partial charge in [0, 0.05) is 12.2 Å². The minimum Gasteiger partial charge on any atom is -0.303 e. The van der Waals surface area contributed by atoms with Gasteiger partial charge in [-0.25, -0.2) is 8.78 Å². The summed E-state index contributed by atoms with van der Waals surface area (Å²) in [6.45, 7) is 1.52. The number of nitrogens with one attached hydrogen (secondary N) is 1. The standard InChI is InChI=1S/C9H12F2N2/c1-7(13-6-9(10)11)8-4-2-3-5-12-8/h2-5,7,9,13H,6H2,1H3/t7-/m1/s1. The lowest BCUT2D eigenvalue weighted by atomic mass is 10.2. The molecule has 0 unspecified atom stereocenters. The Hall–Kier alpha value is -1.03. The molecule has 0 saturated heterocycles. The van der Waals surface area contributed by atoms with Crippen LogP contribution in [-0.4, -0.2) is 18.0 Å². The molecule has 72 valence electrons. The summed E-state index contributed by atoms with van der Waals surface area (Å²) in [6.07, 6.45) is -0.665. The summed E-state index contributed by atoms with van der Waals surface area (Å²) >= 11 is 0. The largest absolute Gasteiger partial charge is 0.303 e. The van der Waals surface area contributed by atoms with Crippen LogP contribution in [0.25, 0.3) is 0 Å². The molecule has 1 atom stereocenters. The number of hydrogen-bond acceptors (Lipinski definition) is 2. The van der Waals surface area contributed by atoms with E-state index < -0.39 is 6.43 Å². The van der Waals surface area contributed by atoms with Crippen molar-refractivity contribution in [2.45, 2.75) is 19.4 Å². The molecular formula is C9H12F2N2. The van der Waals surface area contributed by atoms with E-state index in [1.807, 2.05) is 19.1 Å². The van der Waals surface area contributed by atoms with Gasteiger partial charge in [0.2, 0.25) is 0 Å². The van der Waals surface area contributed by atoms with Crippen molar-refractivity contribution in [1.82, 2.24) is 10.3 Å². The van der Waals surface area contributed by atoms with E-state index in [1.165, 1.54) is 0 Å². The predicted octanol–water partition coefficient (Wildman–Crippen LogP) is 2.00. The zero-order valence-electron chi connectivity index (χ0n) is 7.37. The highest BCUT2D eigenvalue weighted by Gasteiger charge is 2.08. The van der Waals surface area contributed by atoms with E-state index in [0.717, 1.165) is 5.69 Å². The summed E-state index contributed by atoms with van der Waals surface area (Å²) in [6, 6.07) is 5.31. The lowest BCUT2D eigenvalue weighted by Gasteiger charge is -2.12. The Labute approximate surface area is 76.0 Å². The molecule has 0 amide bonds. The number of halogens is 2. The van der Waals surface area contributed by atoms with Gasteiger partial charge in [0.25, 0.3) is 6.43 Å². The van der Waals surface area contributed by atoms with Gasteiger partial charge < -0.3 is 5.32 Å². The van der Waals surface area contributed by atoms with E-state index in [0.29, 0.717) is 0 Å². The van der Waals surface area contributed by atoms with Gasteiger partial charge >= 0.3 is 0 Å². The summed E-state index contributed by atoms with van der Waals surface area (Å²) in [5, 5.41) is 2.69. The Morgan fingerprint density at radius 3 is 2.77 bits per heavy atom. The van der Waals surface area contributed by atoms with Crippen molar-refractivity contribution < 1.29 is 8.78 Å². The maximum absolute atomic E-state index is 11.8. The van der Waals surface area contributed by atoms with Gasteiger partial charge in [-0.2, -0.15) is 0 Å². The summed E-state index contributed by atoms with van der Waals surface area (Å²) < 4.78 is 23.7. The monoisotopic (exact) mass is 186 g/mol. The topological polar surface area (TPSA) is 24.9 Å². The Balaban J connectivity index is 2.44. The average molecular weight is 186 g/mol. The fourth-order valence-electron chi connectivity index (χ4n) is 1.00. The Morgan fingerprint density at radius 2 is 2.23 bits per heavy atom. The van der Waals surface area contributed by atoms with E-state index in [2.05, 4.69) is 10.3 Å². The molecule has 4 heteroatoms. The van der Waals surface area contributed by atoms with Crippen molar-refractivity contribution in [1.29, 1.82) is 0 Å². The number of pyridine rings is 1. The smallest absolute Gasteiger partial charge is 0.250 e. The van der Waals surface area contributed by atoms with Crippen LogP contribution in [0.5, 0.6) is 0 Å². The first-order valence-electron chi connectivity index (χ1n) is 4.12. The van der Waals surface area contributed by atoms with Gasteiger partial charge in [-0.1, -0.05) is 6.07 Å². The molecular weight excluding hydrogens is 174 g/mol. The maximum atomic E-state index is 11.8. The van der Waals surface area contributed by atoms with Gasteiger partial charge in [0.05, 0.1) is 12.2 Å². The number of hydrogen-bond donors (Lipinski definition) is 1. The van der Waals surface area contributed by atoms with Crippen molar-refractivity contribution in [2.24, 2.45) is 0 Å². The summed E-state index contributed by atoms with van der Waals surface area (Å²) in [5.41, 5.74) is 0.781. The van der Waals surface area contributed by atoms with Crippen LogP contribution in [-0.2, 0) is 0 Å². The quantitative estimate of drug-likeness (QED) is 0.777. The van der Waals surface area contributed by atoms with Crippen molar-refractivity contribution in [3.63, 3.8) is 0 Å². The zero-order chi connectivity index (χ0) is 9.68. The first kappa shape index (κ1) is 10.1. The van der Waals surface area contributed by atoms with E-state index in [4.69, 9.17) is 0 Å². The van der Waals surface area contributed by atoms with Crippen molar-refractivity contribution in [2.75, 3.05) is 6.54 Å². The fraction of sp³-hybridized carbons (Fsp3) is 0.444. The maximum Gasteiger partial charge on any atom is 0.250 e. The van der Waals surface area contributed by atoms with Gasteiger partial charge in [-0.05, 0) is 19.1 Å². The van der Waals surface area contributed by atoms with Crippen LogP contribution in [0.2, 0.25) is 0 Å². The SMILES string of the molecule is C[C@@H](NCC(F)F)c1ccccn1. The highest BCUT2D eigenvalue weighted by molar-refractivity contribution is 5.07. The number of rotatable bonds is 4. The van der Waals surface area contributed by atoms with Crippen LogP contribution in [0.3, 0.4) is 0 Å². The Morgan fingerprint density at radius 1 is 1.46 bits per heavy atom. The van der Waals surface area contributed by atoms with E-state index >= 15 is 0 Å². The van der Waals surface area contributed by atoms with Crippen LogP contribution < -0.4 is 5.32 Å². The van der Waals surface area contributed by atoms with Crippen molar-refractivity contribution >= 4 is 0 Å². The first-order chi connectivity index (χ1) is 6.20. The van der Waals surface area contributed by atoms with Crippen molar-refractivity contribution in [3.8, 4) is 0 Å². The summed E-state index contributed by atoms with van der Waals surface area (Å²) in [7, 11) is 0. The molecule has 0 saturated carbocycles. The molecule has 0 spiro atoms. The number of alkyl halides is 2. The Bertz CT molecular complexity index is 239. The summed E-state index contributed by atoms with van der Waals surface area (Å²) in [5.74, 6) is 0. The molecule has 2 nitrogen and oxygen atoms in total. The molecule has 0 bridgehead atoms. The predicted molar refractivity (Wildman–Crippen MR) is 46.7 cm³/mol. The molecule has 0 aliphatic heterocycles. The molecule has 1 heterocycles. The van der Waals surface area contributed by atoms with Crippen LogP contribution in [0.1, 0.15) is 18.7 Å². The minimum atomic E-state index is -2.31. The van der Waals surface area contributed by atoms with Gasteiger partial charge in [-0.15, -0.1) is 0 Å². The second-order valence-electron chi connectivity index (χ2n) is 2.78. The third-order valence-corrected chi connectivity index (χ3v) is 1.71. The highest BCUT2D eigenvalue weighted by Crippen LogP contribution is 2.07. The molecule has 13 heavy (non-hydrogen) atoms. The minimum absolute atomic E-state index is 0.129. The third-order valence-electron chi connectivity index (χ3n) is 1.71. The van der Waals surface area contributed by atoms with E-state index in [1.54, 1.807) is 12.3 Å². The lowest BCUT2D eigenvalue weighted by molar-refractivity contribution is 0.142. The number of nitrogens with zero attached hydrogens (tertiary/aromatic N) is 1. The zero-order valence-corrected chi connectivity index (χ0v) is 7.37. The molecule has 0 radical (unpaired) electrons. The molecule has 1 aromatic heterocycles. The van der Waals surface area contributed by atoms with Crippen LogP contribution in [0.4, 0.5) is 8.78 Å². The van der Waals surface area contributed by atoms with Crippen LogP contribution in [0, 0.1) is 0 Å². The lowest BCUT2D eigenvalue weighted by Crippen LogP contribution is -2.25. The molecule has 0 aliphatic rings. The third kappa shape index (κ3) is 3.46. The normalized spacial score (nSPS) is 13.2. The van der Waals surface area contributed by atoms with Crippen molar-refractivity contribution in [3.05, 3.63) is 30.1 Å². The average Bonchev–Trinajstić information content (AvgIpc) is 2.15. The molecule has 1 N–H and O–H groups in total. The van der Waals surface area contributed by atoms with E-state index in [9.17, 15) is 8.78 Å². The Kier molecular flexibility index (Phi) is 3.76. The number of aromatic nitrogens is 1. The highest BCUT2D eigenvalue weighted by atomic mass is 19.3. The summed E-state index contributed by atoms with van der Waals surface area (Å²) in [4.78, 5) is 4.05. The van der Waals surface area contributed by atoms with Crippen LogP contribution >= 0.6 is 0 Å². The second kappa shape index (κ2) is 4.87. The fourth-order valence-corrected chi connectivity index (χ4v) is 1.00. The van der Waals surface area contributed by atoms with Gasteiger partial charge in [0.1, 0.15) is 0 Å². The molecule has 1 aromatic rings. The van der Waals surface area contributed by atoms with Crippen LogP contribution in [0.15, 0.2) is 24.4 Å². The molecule has 0 aromatic carbocycles. The van der Waals surface area contributed by atoms with Gasteiger partial charge in [-0.3, -0.25) is 4.98 Å². The van der Waals surface area contributed by atoms with E-state index in [-0.39, 0.29) is 12.6 Å². The molecule has 0 fully saturated rings. The first-order valence-corrected chi connectivity index (χ1v) is 4.12. The molecule has 1 rings (SSSR count). The van der Waals surface area contributed by atoms with Gasteiger partial charge in [0.15, 0.2) is 0 Å². The molecule has 0 aliphatic carbocycles.